The smallest absolute Gasteiger partial charge is 0.133 e. The van der Waals surface area contributed by atoms with E-state index >= 15 is 0 Å². The lowest BCUT2D eigenvalue weighted by molar-refractivity contribution is 0.377. The molecule has 1 fully saturated rings. The number of ether oxygens (including phenoxy) is 1. The zero-order valence-electron chi connectivity index (χ0n) is 11.0. The molecule has 1 unspecified atom stereocenters. The minimum atomic E-state index is 0.437. The summed E-state index contributed by atoms with van der Waals surface area (Å²) in [5.41, 5.74) is 3.70. The number of aromatic nitrogens is 1. The number of aryl methyl sites for hydroxylation is 1. The van der Waals surface area contributed by atoms with E-state index in [1.807, 2.05) is 6.20 Å². The third-order valence-corrected chi connectivity index (χ3v) is 3.92. The van der Waals surface area contributed by atoms with Gasteiger partial charge in [-0.2, -0.15) is 0 Å². The molecule has 0 aliphatic carbocycles. The molecular formula is C15H20N2O. The quantitative estimate of drug-likeness (QED) is 0.850. The molecule has 1 aromatic carbocycles. The van der Waals surface area contributed by atoms with Crippen molar-refractivity contribution in [2.45, 2.75) is 32.2 Å². The first kappa shape index (κ1) is 11.6. The Hall–Kier alpha value is -1.48. The van der Waals surface area contributed by atoms with E-state index in [2.05, 4.69) is 29.4 Å². The number of H-pyrrole nitrogens is 1. The molecule has 0 amide bonds. The highest BCUT2D eigenvalue weighted by Crippen LogP contribution is 2.37. The molecule has 2 N–H and O–H groups in total. The van der Waals surface area contributed by atoms with Gasteiger partial charge in [-0.3, -0.25) is 0 Å². The molecule has 1 saturated heterocycles. The molecule has 0 saturated carbocycles. The van der Waals surface area contributed by atoms with E-state index < -0.39 is 0 Å². The molecule has 2 aromatic rings. The SMILES string of the molecule is COc1c(C2CCCCN2)ccc2[nH]cc(C)c12. The number of benzene rings is 1. The Balaban J connectivity index is 2.13. The van der Waals surface area contributed by atoms with E-state index in [0.29, 0.717) is 6.04 Å². The second-order valence-electron chi connectivity index (χ2n) is 5.08. The Kier molecular flexibility index (Phi) is 3.00. The Morgan fingerprint density at radius 1 is 1.28 bits per heavy atom. The minimum absolute atomic E-state index is 0.437. The van der Waals surface area contributed by atoms with Crippen LogP contribution in [0.2, 0.25) is 0 Å². The highest BCUT2D eigenvalue weighted by atomic mass is 16.5. The number of piperidine rings is 1. The summed E-state index contributed by atoms with van der Waals surface area (Å²) in [6, 6.07) is 4.80. The standard InChI is InChI=1S/C15H20N2O/c1-10-9-17-13-7-6-11(15(18-2)14(10)13)12-5-3-4-8-16-12/h6-7,9,12,16-17H,3-5,8H2,1-2H3. The lowest BCUT2D eigenvalue weighted by Crippen LogP contribution is -2.27. The van der Waals surface area contributed by atoms with Gasteiger partial charge in [0.2, 0.25) is 0 Å². The zero-order valence-corrected chi connectivity index (χ0v) is 11.0. The fraction of sp³-hybridized carbons (Fsp3) is 0.467. The summed E-state index contributed by atoms with van der Waals surface area (Å²) in [4.78, 5) is 3.29. The number of hydrogen-bond donors (Lipinski definition) is 2. The maximum Gasteiger partial charge on any atom is 0.133 e. The molecule has 1 aromatic heterocycles. The van der Waals surface area contributed by atoms with Crippen LogP contribution in [-0.4, -0.2) is 18.6 Å². The van der Waals surface area contributed by atoms with Crippen LogP contribution in [0.5, 0.6) is 5.75 Å². The summed E-state index contributed by atoms with van der Waals surface area (Å²) < 4.78 is 5.69. The Morgan fingerprint density at radius 2 is 2.17 bits per heavy atom. The van der Waals surface area contributed by atoms with Crippen molar-refractivity contribution in [1.29, 1.82) is 0 Å². The summed E-state index contributed by atoms with van der Waals surface area (Å²) >= 11 is 0. The van der Waals surface area contributed by atoms with Crippen molar-refractivity contribution in [1.82, 2.24) is 10.3 Å². The van der Waals surface area contributed by atoms with Gasteiger partial charge in [0.1, 0.15) is 5.75 Å². The van der Waals surface area contributed by atoms with Crippen LogP contribution in [0.1, 0.15) is 36.4 Å². The normalized spacial score (nSPS) is 20.2. The van der Waals surface area contributed by atoms with E-state index in [0.717, 1.165) is 17.8 Å². The van der Waals surface area contributed by atoms with E-state index in [-0.39, 0.29) is 0 Å². The molecular weight excluding hydrogens is 224 g/mol. The second-order valence-corrected chi connectivity index (χ2v) is 5.08. The van der Waals surface area contributed by atoms with Gasteiger partial charge in [0.15, 0.2) is 0 Å². The number of methoxy groups -OCH3 is 1. The number of aromatic amines is 1. The highest BCUT2D eigenvalue weighted by Gasteiger charge is 2.21. The van der Waals surface area contributed by atoms with Gasteiger partial charge in [-0.1, -0.05) is 12.5 Å². The van der Waals surface area contributed by atoms with Crippen molar-refractivity contribution in [3.8, 4) is 5.75 Å². The van der Waals surface area contributed by atoms with Crippen LogP contribution in [0.15, 0.2) is 18.3 Å². The molecule has 1 aliphatic heterocycles. The Labute approximate surface area is 108 Å². The van der Waals surface area contributed by atoms with Gasteiger partial charge in [0.05, 0.1) is 7.11 Å². The van der Waals surface area contributed by atoms with Gasteiger partial charge < -0.3 is 15.0 Å². The second kappa shape index (κ2) is 4.65. The van der Waals surface area contributed by atoms with E-state index in [1.54, 1.807) is 7.11 Å². The fourth-order valence-electron chi connectivity index (χ4n) is 2.98. The number of nitrogens with one attached hydrogen (secondary N) is 2. The first-order valence-corrected chi connectivity index (χ1v) is 6.69. The van der Waals surface area contributed by atoms with Crippen molar-refractivity contribution in [2.75, 3.05) is 13.7 Å². The number of fused-ring (bicyclic) bond motifs is 1. The van der Waals surface area contributed by atoms with Crippen LogP contribution in [0, 0.1) is 6.92 Å². The molecule has 0 bridgehead atoms. The molecule has 1 atom stereocenters. The number of rotatable bonds is 2. The third-order valence-electron chi connectivity index (χ3n) is 3.92. The van der Waals surface area contributed by atoms with Gasteiger partial charge in [0.25, 0.3) is 0 Å². The third kappa shape index (κ3) is 1.79. The first-order chi connectivity index (χ1) is 8.81. The highest BCUT2D eigenvalue weighted by molar-refractivity contribution is 5.90. The largest absolute Gasteiger partial charge is 0.496 e. The number of hydrogen-bond acceptors (Lipinski definition) is 2. The van der Waals surface area contributed by atoms with E-state index in [4.69, 9.17) is 4.74 Å². The predicted octanol–water partition coefficient (Wildman–Crippen LogP) is 3.30. The summed E-state index contributed by atoms with van der Waals surface area (Å²) in [6.07, 6.45) is 5.83. The van der Waals surface area contributed by atoms with Crippen LogP contribution >= 0.6 is 0 Å². The van der Waals surface area contributed by atoms with Crippen molar-refractivity contribution >= 4 is 10.9 Å². The summed E-state index contributed by atoms with van der Waals surface area (Å²) in [5.74, 6) is 1.03. The van der Waals surface area contributed by atoms with E-state index in [9.17, 15) is 0 Å². The van der Waals surface area contributed by atoms with Gasteiger partial charge in [-0.05, 0) is 37.9 Å². The van der Waals surface area contributed by atoms with Crippen LogP contribution in [-0.2, 0) is 0 Å². The lowest BCUT2D eigenvalue weighted by atomic mass is 9.95. The molecule has 3 rings (SSSR count). The van der Waals surface area contributed by atoms with Gasteiger partial charge in [0, 0.05) is 28.7 Å². The monoisotopic (exact) mass is 244 g/mol. The zero-order chi connectivity index (χ0) is 12.5. The van der Waals surface area contributed by atoms with Crippen LogP contribution in [0.3, 0.4) is 0 Å². The average Bonchev–Trinajstić information content (AvgIpc) is 2.81. The predicted molar refractivity (Wildman–Crippen MR) is 74.2 cm³/mol. The Bertz CT molecular complexity index is 553. The topological polar surface area (TPSA) is 37.0 Å². The average molecular weight is 244 g/mol. The van der Waals surface area contributed by atoms with E-state index in [1.165, 1.54) is 35.8 Å². The van der Waals surface area contributed by atoms with Crippen LogP contribution in [0.25, 0.3) is 10.9 Å². The summed E-state index contributed by atoms with van der Waals surface area (Å²) in [7, 11) is 1.77. The van der Waals surface area contributed by atoms with Crippen molar-refractivity contribution in [3.05, 3.63) is 29.5 Å². The fourth-order valence-corrected chi connectivity index (χ4v) is 2.98. The maximum absolute atomic E-state index is 5.69. The van der Waals surface area contributed by atoms with Crippen molar-refractivity contribution < 1.29 is 4.74 Å². The van der Waals surface area contributed by atoms with Crippen molar-refractivity contribution in [2.24, 2.45) is 0 Å². The van der Waals surface area contributed by atoms with Crippen molar-refractivity contribution in [3.63, 3.8) is 0 Å². The van der Waals surface area contributed by atoms with Gasteiger partial charge >= 0.3 is 0 Å². The molecule has 1 aliphatic rings. The first-order valence-electron chi connectivity index (χ1n) is 6.69. The molecule has 3 heteroatoms. The lowest BCUT2D eigenvalue weighted by Gasteiger charge is -2.25. The molecule has 0 spiro atoms. The van der Waals surface area contributed by atoms with Crippen LogP contribution in [0.4, 0.5) is 0 Å². The summed E-state index contributed by atoms with van der Waals surface area (Å²) in [6.45, 7) is 3.23. The maximum atomic E-state index is 5.69. The minimum Gasteiger partial charge on any atom is -0.496 e. The van der Waals surface area contributed by atoms with Gasteiger partial charge in [-0.15, -0.1) is 0 Å². The Morgan fingerprint density at radius 3 is 2.89 bits per heavy atom. The summed E-state index contributed by atoms with van der Waals surface area (Å²) in [5, 5.41) is 4.82. The molecule has 0 radical (unpaired) electrons. The molecule has 96 valence electrons. The molecule has 3 nitrogen and oxygen atoms in total. The molecule has 18 heavy (non-hydrogen) atoms. The van der Waals surface area contributed by atoms with Gasteiger partial charge in [-0.25, -0.2) is 0 Å². The molecule has 2 heterocycles. The van der Waals surface area contributed by atoms with Crippen LogP contribution < -0.4 is 10.1 Å².